The van der Waals surface area contributed by atoms with Gasteiger partial charge in [-0.1, -0.05) is 65.3 Å². The number of rotatable bonds is 7. The van der Waals surface area contributed by atoms with Crippen LogP contribution in [0.4, 0.5) is 10.5 Å². The number of aliphatic carboxylic acids is 1. The highest BCUT2D eigenvalue weighted by atomic mass is 35.5. The SMILES string of the molecule is CC(OC(=O)Nc1cnoc1-c1ccc(-c2ccc(C3(C(=O)O)CC3)cc2)c2ccsc12)c1ccccc1Cl. The standard InChI is InChI=1S/C30H23ClN2O5S/c1-17(20-4-2-3-5-24(20)31)37-29(36)33-25-16-32-38-26(25)23-11-10-21(22-12-15-39-27(22)23)18-6-8-19(9-7-18)30(13-14-30)28(34)35/h2-12,15-17H,13-14H2,1H3,(H,33,36)(H,34,35). The zero-order chi connectivity index (χ0) is 27.1. The average Bonchev–Trinajstić information content (AvgIpc) is 3.38. The van der Waals surface area contributed by atoms with E-state index in [1.165, 1.54) is 6.20 Å². The van der Waals surface area contributed by atoms with Gasteiger partial charge >= 0.3 is 12.1 Å². The first kappa shape index (κ1) is 25.2. The number of nitrogens with one attached hydrogen (secondary N) is 1. The summed E-state index contributed by atoms with van der Waals surface area (Å²) >= 11 is 7.79. The summed E-state index contributed by atoms with van der Waals surface area (Å²) in [6, 6.07) is 20.9. The maximum atomic E-state index is 12.7. The van der Waals surface area contributed by atoms with Crippen molar-refractivity contribution in [2.75, 3.05) is 5.32 Å². The van der Waals surface area contributed by atoms with E-state index in [-0.39, 0.29) is 0 Å². The maximum Gasteiger partial charge on any atom is 0.412 e. The Bertz CT molecular complexity index is 1700. The molecule has 6 rings (SSSR count). The third kappa shape index (κ3) is 4.56. The predicted molar refractivity (Wildman–Crippen MR) is 151 cm³/mol. The van der Waals surface area contributed by atoms with Crippen LogP contribution in [0.5, 0.6) is 0 Å². The number of hydrogen-bond donors (Lipinski definition) is 2. The summed E-state index contributed by atoms with van der Waals surface area (Å²) in [6.45, 7) is 1.75. The van der Waals surface area contributed by atoms with Gasteiger partial charge in [-0.05, 0) is 60.0 Å². The van der Waals surface area contributed by atoms with Crippen LogP contribution < -0.4 is 5.32 Å². The number of benzene rings is 3. The Labute approximate surface area is 233 Å². The summed E-state index contributed by atoms with van der Waals surface area (Å²) in [6.07, 6.45) is 1.58. The number of carbonyl (C=O) groups excluding carboxylic acids is 1. The fraction of sp³-hybridized carbons (Fsp3) is 0.167. The molecule has 3 aromatic carbocycles. The van der Waals surface area contributed by atoms with Gasteiger partial charge in [-0.2, -0.15) is 0 Å². The van der Waals surface area contributed by atoms with E-state index < -0.39 is 23.6 Å². The van der Waals surface area contributed by atoms with E-state index in [4.69, 9.17) is 20.9 Å². The van der Waals surface area contributed by atoms with E-state index in [2.05, 4.69) is 10.5 Å². The zero-order valence-electron chi connectivity index (χ0n) is 20.8. The third-order valence-electron chi connectivity index (χ3n) is 7.20. The summed E-state index contributed by atoms with van der Waals surface area (Å²) in [7, 11) is 0. The van der Waals surface area contributed by atoms with Crippen molar-refractivity contribution >= 4 is 50.8 Å². The Morgan fingerprint density at radius 1 is 1.08 bits per heavy atom. The monoisotopic (exact) mass is 558 g/mol. The smallest absolute Gasteiger partial charge is 0.412 e. The molecule has 0 spiro atoms. The minimum absolute atomic E-state index is 0.390. The minimum atomic E-state index is -0.765. The number of halogens is 1. The van der Waals surface area contributed by atoms with Crippen LogP contribution in [0.2, 0.25) is 5.02 Å². The van der Waals surface area contributed by atoms with Crippen LogP contribution in [0.15, 0.2) is 82.8 Å². The van der Waals surface area contributed by atoms with Crippen LogP contribution in [-0.2, 0) is 14.9 Å². The molecule has 1 fully saturated rings. The third-order valence-corrected chi connectivity index (χ3v) is 8.50. The number of hydrogen-bond acceptors (Lipinski definition) is 6. The molecule has 9 heteroatoms. The lowest BCUT2D eigenvalue weighted by Crippen LogP contribution is -2.19. The highest BCUT2D eigenvalue weighted by Crippen LogP contribution is 2.49. The lowest BCUT2D eigenvalue weighted by atomic mass is 9.92. The molecule has 5 aromatic rings. The van der Waals surface area contributed by atoms with Crippen LogP contribution in [0.3, 0.4) is 0 Å². The van der Waals surface area contributed by atoms with Crippen LogP contribution >= 0.6 is 22.9 Å². The number of ether oxygens (including phenoxy) is 1. The topological polar surface area (TPSA) is 102 Å². The van der Waals surface area contributed by atoms with E-state index in [0.717, 1.165) is 32.3 Å². The molecule has 1 aliphatic rings. The van der Waals surface area contributed by atoms with Crippen LogP contribution in [-0.4, -0.2) is 22.3 Å². The summed E-state index contributed by atoms with van der Waals surface area (Å²) in [5.41, 5.74) is 4.00. The quantitative estimate of drug-likeness (QED) is 0.208. The lowest BCUT2D eigenvalue weighted by molar-refractivity contribution is -0.140. The highest BCUT2D eigenvalue weighted by Gasteiger charge is 2.51. The van der Waals surface area contributed by atoms with Gasteiger partial charge in [0.1, 0.15) is 11.8 Å². The molecule has 0 bridgehead atoms. The Morgan fingerprint density at radius 2 is 1.82 bits per heavy atom. The van der Waals surface area contributed by atoms with Crippen LogP contribution in [0.1, 0.15) is 37.0 Å². The van der Waals surface area contributed by atoms with Gasteiger partial charge in [-0.3, -0.25) is 10.1 Å². The average molecular weight is 559 g/mol. The molecule has 2 heterocycles. The van der Waals surface area contributed by atoms with E-state index in [9.17, 15) is 14.7 Å². The van der Waals surface area contributed by atoms with E-state index >= 15 is 0 Å². The first-order chi connectivity index (χ1) is 18.9. The molecule has 1 aliphatic carbocycles. The predicted octanol–water partition coefficient (Wildman–Crippen LogP) is 8.30. The molecular formula is C30H23ClN2O5S. The van der Waals surface area contributed by atoms with Gasteiger partial charge < -0.3 is 14.4 Å². The normalized spacial score (nSPS) is 14.6. The zero-order valence-corrected chi connectivity index (χ0v) is 22.4. The van der Waals surface area contributed by atoms with Crippen molar-refractivity contribution in [1.29, 1.82) is 0 Å². The van der Waals surface area contributed by atoms with Crippen LogP contribution in [0.25, 0.3) is 32.5 Å². The largest absolute Gasteiger partial charge is 0.481 e. The van der Waals surface area contributed by atoms with Crippen LogP contribution in [0, 0.1) is 0 Å². The summed E-state index contributed by atoms with van der Waals surface area (Å²) < 4.78 is 12.1. The summed E-state index contributed by atoms with van der Waals surface area (Å²) in [4.78, 5) is 24.4. The maximum absolute atomic E-state index is 12.7. The molecule has 0 radical (unpaired) electrons. The Morgan fingerprint density at radius 3 is 2.54 bits per heavy atom. The molecule has 1 amide bonds. The molecule has 2 N–H and O–H groups in total. The first-order valence-electron chi connectivity index (χ1n) is 12.4. The summed E-state index contributed by atoms with van der Waals surface area (Å²) in [5.74, 6) is -0.345. The number of aromatic nitrogens is 1. The van der Waals surface area contributed by atoms with E-state index in [0.29, 0.717) is 34.9 Å². The second-order valence-corrected chi connectivity index (χ2v) is 10.9. The fourth-order valence-corrected chi connectivity index (χ4v) is 6.13. The number of nitrogens with zero attached hydrogens (tertiary/aromatic N) is 1. The van der Waals surface area contributed by atoms with E-state index in [1.54, 1.807) is 24.3 Å². The molecular weight excluding hydrogens is 536 g/mol. The fourth-order valence-electron chi connectivity index (χ4n) is 4.90. The second kappa shape index (κ2) is 9.87. The number of thiophene rings is 1. The number of carbonyl (C=O) groups is 2. The lowest BCUT2D eigenvalue weighted by Gasteiger charge is -2.15. The molecule has 2 aromatic heterocycles. The van der Waals surface area contributed by atoms with Gasteiger partial charge in [-0.15, -0.1) is 11.3 Å². The molecule has 39 heavy (non-hydrogen) atoms. The van der Waals surface area contributed by atoms with Gasteiger partial charge in [0.2, 0.25) is 0 Å². The Balaban J connectivity index is 1.26. The van der Waals surface area contributed by atoms with Gasteiger partial charge in [-0.25, -0.2) is 4.79 Å². The highest BCUT2D eigenvalue weighted by molar-refractivity contribution is 7.17. The molecule has 196 valence electrons. The number of anilines is 1. The van der Waals surface area contributed by atoms with Gasteiger partial charge in [0, 0.05) is 26.2 Å². The van der Waals surface area contributed by atoms with Gasteiger partial charge in [0.25, 0.3) is 0 Å². The molecule has 7 nitrogen and oxygen atoms in total. The minimum Gasteiger partial charge on any atom is -0.481 e. The van der Waals surface area contributed by atoms with Crippen molar-refractivity contribution in [1.82, 2.24) is 5.16 Å². The second-order valence-electron chi connectivity index (χ2n) is 9.55. The number of amides is 1. The Hall–Kier alpha value is -4.14. The van der Waals surface area contributed by atoms with Gasteiger partial charge in [0.15, 0.2) is 5.76 Å². The van der Waals surface area contributed by atoms with Crippen molar-refractivity contribution in [3.05, 3.63) is 94.5 Å². The summed E-state index contributed by atoms with van der Waals surface area (Å²) in [5, 5.41) is 19.8. The van der Waals surface area contributed by atoms with E-state index in [1.807, 2.05) is 66.0 Å². The first-order valence-corrected chi connectivity index (χ1v) is 13.6. The Kier molecular flexibility index (Phi) is 6.37. The molecule has 1 atom stereocenters. The number of carboxylic acid groups (broad SMARTS) is 1. The molecule has 1 unspecified atom stereocenters. The molecule has 0 aliphatic heterocycles. The van der Waals surface area contributed by atoms with Crippen molar-refractivity contribution in [3.63, 3.8) is 0 Å². The van der Waals surface area contributed by atoms with Crippen molar-refractivity contribution in [3.8, 4) is 22.5 Å². The van der Waals surface area contributed by atoms with Crippen molar-refractivity contribution in [2.45, 2.75) is 31.3 Å². The molecule has 1 saturated carbocycles. The molecule has 0 saturated heterocycles. The number of carboxylic acids is 1. The van der Waals surface area contributed by atoms with Gasteiger partial charge in [0.05, 0.1) is 11.6 Å². The van der Waals surface area contributed by atoms with Crippen molar-refractivity contribution < 1.29 is 24.0 Å². The van der Waals surface area contributed by atoms with Crippen molar-refractivity contribution in [2.24, 2.45) is 0 Å². The number of fused-ring (bicyclic) bond motifs is 1.